The molecule has 1 fully saturated rings. The van der Waals surface area contributed by atoms with Crippen molar-refractivity contribution in [3.8, 4) is 0 Å². The average Bonchev–Trinajstić information content (AvgIpc) is 2.59. The van der Waals surface area contributed by atoms with E-state index in [2.05, 4.69) is 68.1 Å². The van der Waals surface area contributed by atoms with Crippen LogP contribution in [0.1, 0.15) is 46.7 Å². The zero-order valence-corrected chi connectivity index (χ0v) is 15.3. The van der Waals surface area contributed by atoms with E-state index in [9.17, 15) is 9.90 Å². The molecule has 1 N–H and O–H groups in total. The summed E-state index contributed by atoms with van der Waals surface area (Å²) in [6, 6.07) is 15.5. The summed E-state index contributed by atoms with van der Waals surface area (Å²) in [5, 5.41) is 9.30. The molecular weight excluding hydrogens is 310 g/mol. The first-order valence-corrected chi connectivity index (χ1v) is 9.06. The fourth-order valence-corrected chi connectivity index (χ4v) is 3.89. The van der Waals surface area contributed by atoms with E-state index in [-0.39, 0.29) is 12.0 Å². The minimum Gasteiger partial charge on any atom is -0.481 e. The molecule has 2 aromatic rings. The van der Waals surface area contributed by atoms with Crippen LogP contribution in [-0.4, -0.2) is 29.1 Å². The number of aryl methyl sites for hydroxylation is 3. The summed E-state index contributed by atoms with van der Waals surface area (Å²) >= 11 is 0. The largest absolute Gasteiger partial charge is 0.481 e. The van der Waals surface area contributed by atoms with Crippen molar-refractivity contribution in [2.75, 3.05) is 13.1 Å². The molecule has 0 aliphatic carbocycles. The summed E-state index contributed by atoms with van der Waals surface area (Å²) in [6.45, 7) is 8.07. The van der Waals surface area contributed by atoms with E-state index < -0.39 is 5.97 Å². The highest BCUT2D eigenvalue weighted by Crippen LogP contribution is 2.34. The molecule has 0 bridgehead atoms. The third-order valence-corrected chi connectivity index (χ3v) is 5.33. The summed E-state index contributed by atoms with van der Waals surface area (Å²) < 4.78 is 0. The Balaban J connectivity index is 1.98. The van der Waals surface area contributed by atoms with Crippen molar-refractivity contribution < 1.29 is 9.90 Å². The van der Waals surface area contributed by atoms with Crippen LogP contribution in [0.2, 0.25) is 0 Å². The Morgan fingerprint density at radius 2 is 1.72 bits per heavy atom. The number of piperidine rings is 1. The Labute approximate surface area is 150 Å². The van der Waals surface area contributed by atoms with Crippen LogP contribution in [-0.2, 0) is 4.79 Å². The molecule has 1 saturated heterocycles. The number of carbonyl (C=O) groups is 1. The van der Waals surface area contributed by atoms with Crippen molar-refractivity contribution in [1.82, 2.24) is 4.90 Å². The van der Waals surface area contributed by atoms with Gasteiger partial charge < -0.3 is 5.11 Å². The van der Waals surface area contributed by atoms with Gasteiger partial charge in [-0.2, -0.15) is 0 Å². The number of nitrogens with zero attached hydrogens (tertiary/aromatic N) is 1. The SMILES string of the molecule is Cc1cccc(C(c2cc(C)ccc2C)N2CCC(C(=O)O)CC2)c1. The topological polar surface area (TPSA) is 40.5 Å². The van der Waals surface area contributed by atoms with Crippen molar-refractivity contribution >= 4 is 5.97 Å². The van der Waals surface area contributed by atoms with Crippen molar-refractivity contribution in [2.45, 2.75) is 39.7 Å². The Morgan fingerprint density at radius 1 is 1.04 bits per heavy atom. The Morgan fingerprint density at radius 3 is 2.36 bits per heavy atom. The molecule has 132 valence electrons. The Hall–Kier alpha value is -2.13. The number of aliphatic carboxylic acids is 1. The first-order valence-electron chi connectivity index (χ1n) is 9.06. The average molecular weight is 337 g/mol. The van der Waals surface area contributed by atoms with Gasteiger partial charge in [-0.25, -0.2) is 0 Å². The number of hydrogen-bond acceptors (Lipinski definition) is 2. The molecule has 1 unspecified atom stereocenters. The summed E-state index contributed by atoms with van der Waals surface area (Å²) in [7, 11) is 0. The Bertz CT molecular complexity index is 760. The zero-order chi connectivity index (χ0) is 18.0. The van der Waals surface area contributed by atoms with Gasteiger partial charge in [-0.1, -0.05) is 53.6 Å². The number of carboxylic acids is 1. The fourth-order valence-electron chi connectivity index (χ4n) is 3.89. The molecule has 1 aliphatic rings. The van der Waals surface area contributed by atoms with E-state index >= 15 is 0 Å². The zero-order valence-electron chi connectivity index (χ0n) is 15.3. The van der Waals surface area contributed by atoms with Crippen LogP contribution in [0.15, 0.2) is 42.5 Å². The van der Waals surface area contributed by atoms with Gasteiger partial charge in [0.15, 0.2) is 0 Å². The fraction of sp³-hybridized carbons (Fsp3) is 0.409. The first-order chi connectivity index (χ1) is 12.0. The van der Waals surface area contributed by atoms with Crippen LogP contribution in [0.5, 0.6) is 0 Å². The molecule has 0 saturated carbocycles. The van der Waals surface area contributed by atoms with Gasteiger partial charge in [-0.05, 0) is 63.4 Å². The second kappa shape index (κ2) is 7.40. The molecule has 1 aliphatic heterocycles. The van der Waals surface area contributed by atoms with E-state index in [0.717, 1.165) is 25.9 Å². The van der Waals surface area contributed by atoms with Gasteiger partial charge in [-0.15, -0.1) is 0 Å². The molecule has 0 radical (unpaired) electrons. The lowest BCUT2D eigenvalue weighted by molar-refractivity contribution is -0.143. The summed E-state index contributed by atoms with van der Waals surface area (Å²) in [5.41, 5.74) is 6.44. The predicted molar refractivity (Wildman–Crippen MR) is 101 cm³/mol. The van der Waals surface area contributed by atoms with Crippen molar-refractivity contribution in [3.05, 3.63) is 70.3 Å². The number of likely N-dealkylation sites (tertiary alicyclic amines) is 1. The standard InChI is InChI=1S/C22H27NO2/c1-15-5-4-6-19(13-15)21(20-14-16(2)7-8-17(20)3)23-11-9-18(10-12-23)22(24)25/h4-8,13-14,18,21H,9-12H2,1-3H3,(H,24,25). The van der Waals surface area contributed by atoms with Crippen molar-refractivity contribution in [3.63, 3.8) is 0 Å². The smallest absolute Gasteiger partial charge is 0.306 e. The number of hydrogen-bond donors (Lipinski definition) is 1. The second-order valence-electron chi connectivity index (χ2n) is 7.33. The third kappa shape index (κ3) is 3.93. The number of benzene rings is 2. The molecule has 0 amide bonds. The van der Waals surface area contributed by atoms with Gasteiger partial charge in [0.25, 0.3) is 0 Å². The van der Waals surface area contributed by atoms with Gasteiger partial charge in [0, 0.05) is 0 Å². The maximum atomic E-state index is 11.3. The third-order valence-electron chi connectivity index (χ3n) is 5.33. The summed E-state index contributed by atoms with van der Waals surface area (Å²) in [5.74, 6) is -0.855. The van der Waals surface area contributed by atoms with E-state index in [1.54, 1.807) is 0 Å². The maximum Gasteiger partial charge on any atom is 0.306 e. The van der Waals surface area contributed by atoms with E-state index in [1.807, 2.05) is 0 Å². The van der Waals surface area contributed by atoms with Gasteiger partial charge in [-0.3, -0.25) is 9.69 Å². The van der Waals surface area contributed by atoms with Crippen LogP contribution in [0.3, 0.4) is 0 Å². The maximum absolute atomic E-state index is 11.3. The van der Waals surface area contributed by atoms with Crippen LogP contribution in [0.4, 0.5) is 0 Å². The highest BCUT2D eigenvalue weighted by atomic mass is 16.4. The molecule has 1 atom stereocenters. The minimum absolute atomic E-state index is 0.189. The lowest BCUT2D eigenvalue weighted by atomic mass is 9.88. The van der Waals surface area contributed by atoms with Gasteiger partial charge in [0.1, 0.15) is 0 Å². The predicted octanol–water partition coefficient (Wildman–Crippen LogP) is 4.50. The lowest BCUT2D eigenvalue weighted by Crippen LogP contribution is -2.39. The van der Waals surface area contributed by atoms with Gasteiger partial charge in [0.05, 0.1) is 12.0 Å². The molecule has 1 heterocycles. The first kappa shape index (κ1) is 17.7. The van der Waals surface area contributed by atoms with Crippen LogP contribution >= 0.6 is 0 Å². The molecule has 3 nitrogen and oxygen atoms in total. The molecule has 25 heavy (non-hydrogen) atoms. The quantitative estimate of drug-likeness (QED) is 0.893. The van der Waals surface area contributed by atoms with Crippen molar-refractivity contribution in [1.29, 1.82) is 0 Å². The van der Waals surface area contributed by atoms with Gasteiger partial charge >= 0.3 is 5.97 Å². The molecule has 0 spiro atoms. The minimum atomic E-state index is -0.654. The van der Waals surface area contributed by atoms with Crippen LogP contribution in [0, 0.1) is 26.7 Å². The Kier molecular flexibility index (Phi) is 5.24. The summed E-state index contributed by atoms with van der Waals surface area (Å²) in [6.07, 6.45) is 1.45. The summed E-state index contributed by atoms with van der Waals surface area (Å²) in [4.78, 5) is 13.8. The van der Waals surface area contributed by atoms with Gasteiger partial charge in [0.2, 0.25) is 0 Å². The molecular formula is C22H27NO2. The molecule has 3 rings (SSSR count). The lowest BCUT2D eigenvalue weighted by Gasteiger charge is -2.38. The van der Waals surface area contributed by atoms with Crippen LogP contribution < -0.4 is 0 Å². The number of rotatable bonds is 4. The van der Waals surface area contributed by atoms with E-state index in [0.29, 0.717) is 0 Å². The van der Waals surface area contributed by atoms with Crippen molar-refractivity contribution in [2.24, 2.45) is 5.92 Å². The second-order valence-corrected chi connectivity index (χ2v) is 7.33. The van der Waals surface area contributed by atoms with E-state index in [4.69, 9.17) is 0 Å². The monoisotopic (exact) mass is 337 g/mol. The molecule has 2 aromatic carbocycles. The normalized spacial score (nSPS) is 17.4. The highest BCUT2D eigenvalue weighted by Gasteiger charge is 2.30. The molecule has 0 aromatic heterocycles. The van der Waals surface area contributed by atoms with Crippen LogP contribution in [0.25, 0.3) is 0 Å². The number of carboxylic acid groups (broad SMARTS) is 1. The highest BCUT2D eigenvalue weighted by molar-refractivity contribution is 5.70. The van der Waals surface area contributed by atoms with E-state index in [1.165, 1.54) is 27.8 Å². The molecule has 3 heteroatoms.